The highest BCUT2D eigenvalue weighted by molar-refractivity contribution is 7.88. The molecule has 2 aliphatic rings. The zero-order chi connectivity index (χ0) is 46.2. The molecule has 0 saturated carbocycles. The average Bonchev–Trinajstić information content (AvgIpc) is 3.41. The number of carbonyl (C=O) groups is 4. The summed E-state index contributed by atoms with van der Waals surface area (Å²) in [6.45, 7) is 19.3. The highest BCUT2D eigenvalue weighted by Crippen LogP contribution is 2.47. The molecule has 2 saturated heterocycles. The van der Waals surface area contributed by atoms with Crippen molar-refractivity contribution in [2.24, 2.45) is 5.92 Å². The smallest absolute Gasteiger partial charge is 0.410 e. The molecule has 3 aromatic rings. The lowest BCUT2D eigenvalue weighted by Gasteiger charge is -2.45. The number of nitrogens with zero attached hydrogens (tertiary/aromatic N) is 2. The van der Waals surface area contributed by atoms with Crippen LogP contribution in [0.4, 0.5) is 20.6 Å². The standard InChI is InChI=1S/C44H58ClFN4O10S2/c1-41(2,3)58-33(51)24-57-35-34(45)36(61-37(35)39(53)59-42(4,5)6)27-13-12-14-29(20-27)47-30-17-18-50(44(10,11)21-30)62(55,56)25-26-15-16-31(46)32(19-26)48-38(52)28-22-49(23-28)40(54)60-43(7,8)9/h12-16,19-20,28,30,47H,17-18,21-25H2,1-11H3,(H,48,52). The van der Waals surface area contributed by atoms with Crippen LogP contribution in [0.5, 0.6) is 5.75 Å². The molecule has 2 aromatic carbocycles. The fraction of sp³-hybridized carbons (Fsp3) is 0.545. The second kappa shape index (κ2) is 18.3. The molecule has 2 N–H and O–H groups in total. The molecule has 14 nitrogen and oxygen atoms in total. The Morgan fingerprint density at radius 2 is 1.56 bits per heavy atom. The Labute approximate surface area is 372 Å². The molecule has 0 bridgehead atoms. The van der Waals surface area contributed by atoms with Crippen LogP contribution in [0.25, 0.3) is 10.4 Å². The second-order valence-electron chi connectivity index (χ2n) is 19.2. The Balaban J connectivity index is 1.24. The minimum atomic E-state index is -3.91. The zero-order valence-electron chi connectivity index (χ0n) is 37.2. The van der Waals surface area contributed by atoms with Crippen LogP contribution in [0, 0.1) is 11.7 Å². The number of rotatable bonds is 12. The van der Waals surface area contributed by atoms with Gasteiger partial charge in [0.1, 0.15) is 27.6 Å². The van der Waals surface area contributed by atoms with Gasteiger partial charge >= 0.3 is 18.0 Å². The van der Waals surface area contributed by atoms with Crippen LogP contribution in [0.3, 0.4) is 0 Å². The van der Waals surface area contributed by atoms with Crippen molar-refractivity contribution in [1.29, 1.82) is 0 Å². The van der Waals surface area contributed by atoms with Gasteiger partial charge in [0.2, 0.25) is 15.9 Å². The van der Waals surface area contributed by atoms with Crippen LogP contribution in [-0.4, -0.2) is 96.2 Å². The number of thiophene rings is 1. The fourth-order valence-electron chi connectivity index (χ4n) is 7.08. The summed E-state index contributed by atoms with van der Waals surface area (Å²) in [5.41, 5.74) is -1.47. The van der Waals surface area contributed by atoms with E-state index in [1.165, 1.54) is 21.3 Å². The first-order valence-corrected chi connectivity index (χ1v) is 23.2. The number of amides is 2. The number of sulfonamides is 1. The van der Waals surface area contributed by atoms with Crippen LogP contribution in [0.2, 0.25) is 5.02 Å². The number of benzene rings is 2. The number of anilines is 2. The van der Waals surface area contributed by atoms with E-state index in [-0.39, 0.29) is 47.0 Å². The van der Waals surface area contributed by atoms with Gasteiger partial charge in [0.05, 0.1) is 22.2 Å². The Hall–Kier alpha value is -4.45. The number of ether oxygens (including phenoxy) is 4. The Morgan fingerprint density at radius 3 is 2.18 bits per heavy atom. The molecule has 5 rings (SSSR count). The van der Waals surface area contributed by atoms with Gasteiger partial charge in [-0.25, -0.2) is 27.2 Å². The van der Waals surface area contributed by atoms with E-state index in [0.717, 1.165) is 23.1 Å². The second-order valence-corrected chi connectivity index (χ2v) is 22.5. The average molecular weight is 922 g/mol. The van der Waals surface area contributed by atoms with E-state index < -0.39 is 80.4 Å². The van der Waals surface area contributed by atoms with Crippen molar-refractivity contribution >= 4 is 68.3 Å². The van der Waals surface area contributed by atoms with Crippen molar-refractivity contribution < 1.29 is 50.9 Å². The maximum absolute atomic E-state index is 14.9. The van der Waals surface area contributed by atoms with Crippen LogP contribution in [0.1, 0.15) is 104 Å². The number of likely N-dealkylation sites (tertiary alicyclic amines) is 1. The van der Waals surface area contributed by atoms with Gasteiger partial charge in [0, 0.05) is 36.9 Å². The third kappa shape index (κ3) is 12.8. The van der Waals surface area contributed by atoms with Crippen LogP contribution >= 0.6 is 22.9 Å². The molecule has 1 atom stereocenters. The quantitative estimate of drug-likeness (QED) is 0.131. The van der Waals surface area contributed by atoms with E-state index in [4.69, 9.17) is 30.5 Å². The van der Waals surface area contributed by atoms with Crippen molar-refractivity contribution in [2.45, 2.75) is 123 Å². The van der Waals surface area contributed by atoms with Crippen molar-refractivity contribution in [3.8, 4) is 16.2 Å². The molecule has 0 spiro atoms. The van der Waals surface area contributed by atoms with Crippen molar-refractivity contribution in [1.82, 2.24) is 9.21 Å². The van der Waals surface area contributed by atoms with Gasteiger partial charge in [0.15, 0.2) is 17.2 Å². The lowest BCUT2D eigenvalue weighted by atomic mass is 9.89. The minimum absolute atomic E-state index is 0.0175. The highest BCUT2D eigenvalue weighted by atomic mass is 35.5. The number of nitrogens with one attached hydrogen (secondary N) is 2. The van der Waals surface area contributed by atoms with E-state index >= 15 is 0 Å². The van der Waals surface area contributed by atoms with Gasteiger partial charge in [-0.15, -0.1) is 11.3 Å². The van der Waals surface area contributed by atoms with E-state index in [2.05, 4.69) is 10.6 Å². The van der Waals surface area contributed by atoms with Gasteiger partial charge < -0.3 is 34.5 Å². The van der Waals surface area contributed by atoms with Crippen molar-refractivity contribution in [3.05, 3.63) is 63.7 Å². The molecular weight excluding hydrogens is 863 g/mol. The van der Waals surface area contributed by atoms with Crippen LogP contribution < -0.4 is 15.4 Å². The monoisotopic (exact) mass is 920 g/mol. The number of carbonyl (C=O) groups excluding carboxylic acids is 4. The third-order valence-electron chi connectivity index (χ3n) is 9.62. The van der Waals surface area contributed by atoms with Gasteiger partial charge in [-0.2, -0.15) is 4.31 Å². The molecule has 0 radical (unpaired) electrons. The SMILES string of the molecule is CC(C)(C)OC(=O)COc1c(C(=O)OC(C)(C)C)sc(-c2cccc(NC3CCN(S(=O)(=O)Cc4ccc(F)c(NC(=O)C5CN(C(=O)OC(C)(C)C)C5)c4)C(C)(C)C3)c2)c1Cl. The van der Waals surface area contributed by atoms with Crippen molar-refractivity contribution in [3.63, 3.8) is 0 Å². The topological polar surface area (TPSA) is 170 Å². The van der Waals surface area contributed by atoms with E-state index in [1.54, 1.807) is 62.3 Å². The lowest BCUT2D eigenvalue weighted by molar-refractivity contribution is -0.157. The Kier molecular flexibility index (Phi) is 14.4. The predicted molar refractivity (Wildman–Crippen MR) is 238 cm³/mol. The van der Waals surface area contributed by atoms with Gasteiger partial charge in [-0.1, -0.05) is 29.8 Å². The number of hydrogen-bond acceptors (Lipinski definition) is 12. The number of piperidine rings is 1. The molecule has 2 aliphatic heterocycles. The summed E-state index contributed by atoms with van der Waals surface area (Å²) < 4.78 is 66.4. The number of esters is 2. The first-order valence-electron chi connectivity index (χ1n) is 20.4. The Bertz CT molecular complexity index is 2290. The lowest BCUT2D eigenvalue weighted by Crippen LogP contribution is -2.55. The fourth-order valence-corrected chi connectivity index (χ4v) is 10.5. The molecular formula is C44H58ClFN4O10S2. The molecule has 3 heterocycles. The summed E-state index contributed by atoms with van der Waals surface area (Å²) in [5, 5.41) is 6.24. The summed E-state index contributed by atoms with van der Waals surface area (Å²) in [7, 11) is -3.91. The molecule has 0 aliphatic carbocycles. The maximum Gasteiger partial charge on any atom is 0.410 e. The molecule has 2 fully saturated rings. The van der Waals surface area contributed by atoms with E-state index in [0.29, 0.717) is 28.8 Å². The van der Waals surface area contributed by atoms with E-state index in [1.807, 2.05) is 38.1 Å². The summed E-state index contributed by atoms with van der Waals surface area (Å²) in [5.74, 6) is -3.44. The van der Waals surface area contributed by atoms with Gasteiger partial charge in [-0.05, 0) is 124 Å². The number of halogens is 2. The maximum atomic E-state index is 14.9. The van der Waals surface area contributed by atoms with E-state index in [9.17, 15) is 32.0 Å². The molecule has 1 aromatic heterocycles. The normalized spacial score (nSPS) is 17.4. The molecule has 340 valence electrons. The van der Waals surface area contributed by atoms with Gasteiger partial charge in [-0.3, -0.25) is 4.79 Å². The Morgan fingerprint density at radius 1 is 0.919 bits per heavy atom. The molecule has 18 heteroatoms. The minimum Gasteiger partial charge on any atom is -0.479 e. The van der Waals surface area contributed by atoms with Crippen molar-refractivity contribution in [2.75, 3.05) is 36.9 Å². The summed E-state index contributed by atoms with van der Waals surface area (Å²) >= 11 is 7.95. The summed E-state index contributed by atoms with van der Waals surface area (Å²) in [6, 6.07) is 11.1. The van der Waals surface area contributed by atoms with Gasteiger partial charge in [0.25, 0.3) is 0 Å². The highest BCUT2D eigenvalue weighted by Gasteiger charge is 2.42. The predicted octanol–water partition coefficient (Wildman–Crippen LogP) is 8.87. The zero-order valence-corrected chi connectivity index (χ0v) is 39.6. The van der Waals surface area contributed by atoms with Crippen LogP contribution in [-0.2, 0) is 39.6 Å². The number of hydrogen-bond donors (Lipinski definition) is 2. The molecule has 1 unspecified atom stereocenters. The summed E-state index contributed by atoms with van der Waals surface area (Å²) in [6.07, 6.45) is 0.395. The third-order valence-corrected chi connectivity index (χ3v) is 13.3. The largest absolute Gasteiger partial charge is 0.479 e. The summed E-state index contributed by atoms with van der Waals surface area (Å²) in [4.78, 5) is 53.1. The first-order chi connectivity index (χ1) is 28.5. The van der Waals surface area contributed by atoms with Crippen LogP contribution in [0.15, 0.2) is 42.5 Å². The first kappa shape index (κ1) is 48.6. The molecule has 2 amide bonds. The molecule has 62 heavy (non-hydrogen) atoms.